The van der Waals surface area contributed by atoms with Crippen LogP contribution in [0.3, 0.4) is 0 Å². The lowest BCUT2D eigenvalue weighted by molar-refractivity contribution is 0.400. The summed E-state index contributed by atoms with van der Waals surface area (Å²) < 4.78 is 28.5. The molecule has 1 aromatic rings. The fourth-order valence-electron chi connectivity index (χ4n) is 2.63. The molecule has 6 heteroatoms. The highest BCUT2D eigenvalue weighted by Crippen LogP contribution is 2.40. The number of aryl methyl sites for hydroxylation is 1. The predicted molar refractivity (Wildman–Crippen MR) is 88.2 cm³/mol. The quantitative estimate of drug-likeness (QED) is 0.720. The first-order valence-electron chi connectivity index (χ1n) is 7.59. The molecular weight excluding hydrogens is 304 g/mol. The van der Waals surface area contributed by atoms with Gasteiger partial charge >= 0.3 is 0 Å². The molecule has 0 atom stereocenters. The maximum absolute atomic E-state index is 12.8. The van der Waals surface area contributed by atoms with Gasteiger partial charge in [0.05, 0.1) is 0 Å². The van der Waals surface area contributed by atoms with E-state index >= 15 is 0 Å². The van der Waals surface area contributed by atoms with Gasteiger partial charge in [0.1, 0.15) is 4.90 Å². The third kappa shape index (κ3) is 4.06. The summed E-state index contributed by atoms with van der Waals surface area (Å²) in [5, 5.41) is 5.23. The SMILES string of the molecule is CCCNCc1scc(C)c1S(=O)(=O)NC(C)(C)C1CC1. The van der Waals surface area contributed by atoms with Crippen molar-refractivity contribution in [2.24, 2.45) is 5.92 Å². The minimum Gasteiger partial charge on any atom is -0.312 e. The van der Waals surface area contributed by atoms with Crippen molar-refractivity contribution in [3.8, 4) is 0 Å². The lowest BCUT2D eigenvalue weighted by Gasteiger charge is -2.26. The summed E-state index contributed by atoms with van der Waals surface area (Å²) in [6.07, 6.45) is 3.27. The number of nitrogens with one attached hydrogen (secondary N) is 2. The Balaban J connectivity index is 2.20. The lowest BCUT2D eigenvalue weighted by Crippen LogP contribution is -2.45. The van der Waals surface area contributed by atoms with Crippen LogP contribution in [0.1, 0.15) is 50.5 Å². The molecule has 1 aromatic heterocycles. The van der Waals surface area contributed by atoms with E-state index < -0.39 is 10.0 Å². The van der Waals surface area contributed by atoms with E-state index in [1.54, 1.807) is 0 Å². The molecule has 0 radical (unpaired) electrons. The molecule has 0 aromatic carbocycles. The molecule has 0 spiro atoms. The average Bonchev–Trinajstić information content (AvgIpc) is 3.14. The van der Waals surface area contributed by atoms with Crippen LogP contribution in [0.4, 0.5) is 0 Å². The molecule has 0 unspecified atom stereocenters. The maximum Gasteiger partial charge on any atom is 0.242 e. The smallest absolute Gasteiger partial charge is 0.242 e. The van der Waals surface area contributed by atoms with E-state index in [0.717, 1.165) is 36.2 Å². The van der Waals surface area contributed by atoms with Crippen LogP contribution in [-0.4, -0.2) is 20.5 Å². The molecule has 1 aliphatic carbocycles. The number of hydrogen-bond donors (Lipinski definition) is 2. The van der Waals surface area contributed by atoms with Gasteiger partial charge in [-0.2, -0.15) is 0 Å². The van der Waals surface area contributed by atoms with Crippen LogP contribution in [0.15, 0.2) is 10.3 Å². The molecule has 2 rings (SSSR count). The van der Waals surface area contributed by atoms with Crippen LogP contribution in [0, 0.1) is 12.8 Å². The van der Waals surface area contributed by atoms with E-state index in [1.807, 2.05) is 26.2 Å². The van der Waals surface area contributed by atoms with E-state index in [1.165, 1.54) is 11.3 Å². The van der Waals surface area contributed by atoms with Crippen molar-refractivity contribution in [1.29, 1.82) is 0 Å². The molecule has 0 amide bonds. The molecule has 1 fully saturated rings. The first-order valence-corrected chi connectivity index (χ1v) is 9.96. The molecule has 4 nitrogen and oxygen atoms in total. The zero-order valence-electron chi connectivity index (χ0n) is 13.3. The van der Waals surface area contributed by atoms with Gasteiger partial charge in [-0.25, -0.2) is 13.1 Å². The summed E-state index contributed by atoms with van der Waals surface area (Å²) in [5.41, 5.74) is 0.480. The van der Waals surface area contributed by atoms with Crippen molar-refractivity contribution in [1.82, 2.24) is 10.0 Å². The minimum atomic E-state index is -3.46. The second-order valence-electron chi connectivity index (χ2n) is 6.45. The van der Waals surface area contributed by atoms with Crippen molar-refractivity contribution in [3.05, 3.63) is 15.8 Å². The molecule has 1 heterocycles. The second-order valence-corrected chi connectivity index (χ2v) is 9.03. The average molecular weight is 331 g/mol. The molecule has 0 bridgehead atoms. The molecule has 21 heavy (non-hydrogen) atoms. The van der Waals surface area contributed by atoms with Crippen molar-refractivity contribution >= 4 is 21.4 Å². The summed E-state index contributed by atoms with van der Waals surface area (Å²) in [6.45, 7) is 9.46. The Labute approximate surface area is 132 Å². The van der Waals surface area contributed by atoms with Crippen LogP contribution in [0.5, 0.6) is 0 Å². The highest BCUT2D eigenvalue weighted by atomic mass is 32.2. The Morgan fingerprint density at radius 2 is 2.05 bits per heavy atom. The zero-order chi connectivity index (χ0) is 15.7. The van der Waals surface area contributed by atoms with Crippen LogP contribution in [0.2, 0.25) is 0 Å². The van der Waals surface area contributed by atoms with Gasteiger partial charge in [-0.05, 0) is 63.4 Å². The molecule has 1 aliphatic rings. The fraction of sp³-hybridized carbons (Fsp3) is 0.733. The van der Waals surface area contributed by atoms with Gasteiger partial charge in [0, 0.05) is 17.0 Å². The Morgan fingerprint density at radius 3 is 2.62 bits per heavy atom. The van der Waals surface area contributed by atoms with Crippen molar-refractivity contribution in [2.45, 2.75) is 63.9 Å². The van der Waals surface area contributed by atoms with Crippen LogP contribution < -0.4 is 10.0 Å². The minimum absolute atomic E-state index is 0.360. The third-order valence-corrected chi connectivity index (χ3v) is 7.10. The third-order valence-electron chi connectivity index (χ3n) is 3.97. The van der Waals surface area contributed by atoms with Crippen LogP contribution in [-0.2, 0) is 16.6 Å². The predicted octanol–water partition coefficient (Wildman–Crippen LogP) is 3.02. The molecular formula is C15H26N2O2S2. The van der Waals surface area contributed by atoms with E-state index in [9.17, 15) is 8.42 Å². The maximum atomic E-state index is 12.8. The Bertz CT molecular complexity index is 587. The molecule has 2 N–H and O–H groups in total. The molecule has 0 saturated heterocycles. The highest BCUT2D eigenvalue weighted by molar-refractivity contribution is 7.89. The second kappa shape index (κ2) is 6.36. The van der Waals surface area contributed by atoms with Crippen molar-refractivity contribution < 1.29 is 8.42 Å². The summed E-state index contributed by atoms with van der Waals surface area (Å²) in [5.74, 6) is 0.466. The number of thiophene rings is 1. The number of rotatable bonds is 8. The Hall–Kier alpha value is -0.430. The standard InChI is InChI=1S/C15H26N2O2S2/c1-5-8-16-9-13-14(11(2)10-20-13)21(18,19)17-15(3,4)12-6-7-12/h10,12,16-17H,5-9H2,1-4H3. The van der Waals surface area contributed by atoms with Gasteiger partial charge in [0.25, 0.3) is 0 Å². The Kier molecular flexibility index (Phi) is 5.13. The normalized spacial score (nSPS) is 16.4. The summed E-state index contributed by atoms with van der Waals surface area (Å²) >= 11 is 1.52. The Morgan fingerprint density at radius 1 is 1.38 bits per heavy atom. The topological polar surface area (TPSA) is 58.2 Å². The van der Waals surface area contributed by atoms with E-state index in [0.29, 0.717) is 17.4 Å². The lowest BCUT2D eigenvalue weighted by atomic mass is 10.0. The zero-order valence-corrected chi connectivity index (χ0v) is 15.0. The summed E-state index contributed by atoms with van der Waals surface area (Å²) in [6, 6.07) is 0. The summed E-state index contributed by atoms with van der Waals surface area (Å²) in [4.78, 5) is 1.38. The fourth-order valence-corrected chi connectivity index (χ4v) is 5.89. The highest BCUT2D eigenvalue weighted by Gasteiger charge is 2.41. The van der Waals surface area contributed by atoms with Gasteiger partial charge in [-0.15, -0.1) is 11.3 Å². The molecule has 0 aliphatic heterocycles. The van der Waals surface area contributed by atoms with E-state index in [2.05, 4.69) is 17.0 Å². The molecule has 120 valence electrons. The van der Waals surface area contributed by atoms with Gasteiger partial charge in [-0.1, -0.05) is 6.92 Å². The van der Waals surface area contributed by atoms with Gasteiger partial charge in [0.2, 0.25) is 10.0 Å². The van der Waals surface area contributed by atoms with E-state index in [-0.39, 0.29) is 5.54 Å². The van der Waals surface area contributed by atoms with Gasteiger partial charge < -0.3 is 5.32 Å². The van der Waals surface area contributed by atoms with Crippen LogP contribution >= 0.6 is 11.3 Å². The van der Waals surface area contributed by atoms with Gasteiger partial charge in [0.15, 0.2) is 0 Å². The first kappa shape index (κ1) is 16.9. The van der Waals surface area contributed by atoms with E-state index in [4.69, 9.17) is 0 Å². The number of sulfonamides is 1. The molecule has 1 saturated carbocycles. The summed E-state index contributed by atoms with van der Waals surface area (Å²) in [7, 11) is -3.46. The monoisotopic (exact) mass is 330 g/mol. The van der Waals surface area contributed by atoms with Crippen molar-refractivity contribution in [2.75, 3.05) is 6.54 Å². The van der Waals surface area contributed by atoms with Crippen molar-refractivity contribution in [3.63, 3.8) is 0 Å². The number of hydrogen-bond acceptors (Lipinski definition) is 4. The first-order chi connectivity index (χ1) is 9.78. The largest absolute Gasteiger partial charge is 0.312 e. The van der Waals surface area contributed by atoms with Gasteiger partial charge in [-0.3, -0.25) is 0 Å². The van der Waals surface area contributed by atoms with Crippen LogP contribution in [0.25, 0.3) is 0 Å².